The Morgan fingerprint density at radius 2 is 1.35 bits per heavy atom. The smallest absolute Gasteiger partial charge is 0.312 e. The van der Waals surface area contributed by atoms with Crippen LogP contribution in [0.3, 0.4) is 0 Å². The lowest BCUT2D eigenvalue weighted by Gasteiger charge is -2.06. The minimum atomic E-state index is -0.450. The number of hydrogen-bond acceptors (Lipinski definition) is 4. The normalized spacial score (nSPS) is 10.4. The lowest BCUT2D eigenvalue weighted by Crippen LogP contribution is -2.31. The monoisotopic (exact) mass is 245 g/mol. The molecule has 0 aromatic carbocycles. The third-order valence-electron chi connectivity index (χ3n) is 2.34. The van der Waals surface area contributed by atoms with Crippen LogP contribution in [-0.4, -0.2) is 45.3 Å². The second-order valence-electron chi connectivity index (χ2n) is 3.99. The molecule has 0 aliphatic rings. The lowest BCUT2D eigenvalue weighted by molar-refractivity contribution is 0.249. The Labute approximate surface area is 104 Å². The number of carbonyl (C=O) groups excluding carboxylic acids is 1. The van der Waals surface area contributed by atoms with Gasteiger partial charge >= 0.3 is 6.03 Å². The highest BCUT2D eigenvalue weighted by molar-refractivity contribution is 5.71. The van der Waals surface area contributed by atoms with Crippen molar-refractivity contribution in [3.8, 4) is 0 Å². The van der Waals surface area contributed by atoms with E-state index in [-0.39, 0.29) is 0 Å². The standard InChI is InChI=1S/C11H27N5O/c12-5-3-8-14-6-1-2-7-15-9-4-10-16-11(13)17/h14-15H,1-10,12H2,(H3,13,16,17). The van der Waals surface area contributed by atoms with E-state index in [1.165, 1.54) is 12.8 Å². The van der Waals surface area contributed by atoms with Crippen LogP contribution in [0, 0.1) is 0 Å². The first-order valence-corrected chi connectivity index (χ1v) is 6.42. The molecule has 6 nitrogen and oxygen atoms in total. The van der Waals surface area contributed by atoms with Crippen LogP contribution in [0.4, 0.5) is 4.79 Å². The number of primary amides is 1. The quantitative estimate of drug-likeness (QED) is 0.295. The van der Waals surface area contributed by atoms with Gasteiger partial charge in [0.05, 0.1) is 0 Å². The Bertz CT molecular complexity index is 177. The van der Waals surface area contributed by atoms with Gasteiger partial charge in [0, 0.05) is 6.54 Å². The van der Waals surface area contributed by atoms with Crippen molar-refractivity contribution < 1.29 is 4.79 Å². The van der Waals surface area contributed by atoms with Gasteiger partial charge in [0.25, 0.3) is 0 Å². The summed E-state index contributed by atoms with van der Waals surface area (Å²) in [6.07, 6.45) is 4.30. The molecule has 0 aromatic rings. The minimum Gasteiger partial charge on any atom is -0.352 e. The maximum atomic E-state index is 10.4. The van der Waals surface area contributed by atoms with E-state index in [4.69, 9.17) is 11.5 Å². The second kappa shape index (κ2) is 13.2. The van der Waals surface area contributed by atoms with E-state index in [9.17, 15) is 4.79 Å². The van der Waals surface area contributed by atoms with E-state index in [1.807, 2.05) is 0 Å². The topological polar surface area (TPSA) is 105 Å². The van der Waals surface area contributed by atoms with Crippen molar-refractivity contribution in [1.29, 1.82) is 0 Å². The molecule has 0 saturated heterocycles. The van der Waals surface area contributed by atoms with Crippen LogP contribution in [0.5, 0.6) is 0 Å². The zero-order valence-corrected chi connectivity index (χ0v) is 10.6. The fraction of sp³-hybridized carbons (Fsp3) is 0.909. The van der Waals surface area contributed by atoms with E-state index in [2.05, 4.69) is 16.0 Å². The summed E-state index contributed by atoms with van der Waals surface area (Å²) in [4.78, 5) is 10.4. The van der Waals surface area contributed by atoms with E-state index in [1.54, 1.807) is 0 Å². The number of amides is 2. The van der Waals surface area contributed by atoms with Crippen LogP contribution in [0.25, 0.3) is 0 Å². The highest BCUT2D eigenvalue weighted by atomic mass is 16.2. The van der Waals surface area contributed by atoms with Gasteiger partial charge in [-0.05, 0) is 58.4 Å². The van der Waals surface area contributed by atoms with Gasteiger partial charge in [-0.15, -0.1) is 0 Å². The number of nitrogens with one attached hydrogen (secondary N) is 3. The molecule has 0 spiro atoms. The van der Waals surface area contributed by atoms with Crippen molar-refractivity contribution in [2.24, 2.45) is 11.5 Å². The maximum Gasteiger partial charge on any atom is 0.312 e. The molecule has 0 bridgehead atoms. The average molecular weight is 245 g/mol. The summed E-state index contributed by atoms with van der Waals surface area (Å²) in [6, 6.07) is -0.450. The summed E-state index contributed by atoms with van der Waals surface area (Å²) in [5, 5.41) is 9.22. The van der Waals surface area contributed by atoms with Crippen LogP contribution >= 0.6 is 0 Å². The van der Waals surface area contributed by atoms with Crippen LogP contribution in [0.2, 0.25) is 0 Å². The first-order valence-electron chi connectivity index (χ1n) is 6.42. The number of rotatable bonds is 12. The number of carbonyl (C=O) groups is 1. The SMILES string of the molecule is NCCCNCCCCNCCCNC(N)=O. The van der Waals surface area contributed by atoms with Crippen LogP contribution in [0.15, 0.2) is 0 Å². The van der Waals surface area contributed by atoms with E-state index < -0.39 is 6.03 Å². The summed E-state index contributed by atoms with van der Waals surface area (Å²) >= 11 is 0. The predicted octanol–water partition coefficient (Wildman–Crippen LogP) is -0.647. The summed E-state index contributed by atoms with van der Waals surface area (Å²) < 4.78 is 0. The molecule has 102 valence electrons. The van der Waals surface area contributed by atoms with Gasteiger partial charge in [0.15, 0.2) is 0 Å². The first kappa shape index (κ1) is 16.1. The molecule has 7 N–H and O–H groups in total. The molecule has 0 unspecified atom stereocenters. The van der Waals surface area contributed by atoms with Crippen molar-refractivity contribution >= 4 is 6.03 Å². The molecular weight excluding hydrogens is 218 g/mol. The third-order valence-corrected chi connectivity index (χ3v) is 2.34. The van der Waals surface area contributed by atoms with E-state index in [0.717, 1.165) is 45.6 Å². The molecule has 0 saturated carbocycles. The minimum absolute atomic E-state index is 0.450. The highest BCUT2D eigenvalue weighted by Gasteiger charge is 1.92. The molecule has 2 amide bonds. The Balaban J connectivity index is 2.91. The number of hydrogen-bond donors (Lipinski definition) is 5. The zero-order valence-electron chi connectivity index (χ0n) is 10.6. The Morgan fingerprint density at radius 3 is 1.88 bits per heavy atom. The fourth-order valence-electron chi connectivity index (χ4n) is 1.40. The summed E-state index contributed by atoms with van der Waals surface area (Å²) in [5.41, 5.74) is 10.3. The highest BCUT2D eigenvalue weighted by Crippen LogP contribution is 1.85. The molecule has 17 heavy (non-hydrogen) atoms. The number of nitrogens with two attached hydrogens (primary N) is 2. The van der Waals surface area contributed by atoms with Gasteiger partial charge in [0.1, 0.15) is 0 Å². The number of unbranched alkanes of at least 4 members (excludes halogenated alkanes) is 1. The van der Waals surface area contributed by atoms with Crippen LogP contribution < -0.4 is 27.4 Å². The van der Waals surface area contributed by atoms with Gasteiger partial charge in [-0.3, -0.25) is 0 Å². The molecule has 0 fully saturated rings. The van der Waals surface area contributed by atoms with Gasteiger partial charge in [0.2, 0.25) is 0 Å². The molecule has 0 radical (unpaired) electrons. The van der Waals surface area contributed by atoms with Crippen molar-refractivity contribution in [2.75, 3.05) is 39.3 Å². The third kappa shape index (κ3) is 15.1. The summed E-state index contributed by atoms with van der Waals surface area (Å²) in [5.74, 6) is 0. The van der Waals surface area contributed by atoms with Crippen molar-refractivity contribution in [3.63, 3.8) is 0 Å². The fourth-order valence-corrected chi connectivity index (χ4v) is 1.40. The largest absolute Gasteiger partial charge is 0.352 e. The first-order chi connectivity index (χ1) is 8.27. The van der Waals surface area contributed by atoms with Crippen LogP contribution in [0.1, 0.15) is 25.7 Å². The van der Waals surface area contributed by atoms with Gasteiger partial charge < -0.3 is 27.4 Å². The molecule has 0 atom stereocenters. The van der Waals surface area contributed by atoms with Gasteiger partial charge in [-0.2, -0.15) is 0 Å². The number of urea groups is 1. The van der Waals surface area contributed by atoms with Gasteiger partial charge in [-0.25, -0.2) is 4.79 Å². The lowest BCUT2D eigenvalue weighted by atomic mass is 10.3. The maximum absolute atomic E-state index is 10.4. The van der Waals surface area contributed by atoms with Crippen LogP contribution in [-0.2, 0) is 0 Å². The van der Waals surface area contributed by atoms with E-state index >= 15 is 0 Å². The molecule has 0 heterocycles. The Morgan fingerprint density at radius 1 is 0.824 bits per heavy atom. The van der Waals surface area contributed by atoms with Crippen molar-refractivity contribution in [3.05, 3.63) is 0 Å². The molecule has 0 rings (SSSR count). The Hall–Kier alpha value is -0.850. The molecule has 6 heteroatoms. The van der Waals surface area contributed by atoms with Crippen molar-refractivity contribution in [1.82, 2.24) is 16.0 Å². The van der Waals surface area contributed by atoms with E-state index in [0.29, 0.717) is 6.54 Å². The Kier molecular flexibility index (Phi) is 12.6. The second-order valence-corrected chi connectivity index (χ2v) is 3.99. The van der Waals surface area contributed by atoms with Crippen molar-refractivity contribution in [2.45, 2.75) is 25.7 Å². The molecule has 0 aromatic heterocycles. The average Bonchev–Trinajstić information content (AvgIpc) is 2.30. The zero-order chi connectivity index (χ0) is 12.8. The van der Waals surface area contributed by atoms with Gasteiger partial charge in [-0.1, -0.05) is 0 Å². The summed E-state index contributed by atoms with van der Waals surface area (Å²) in [6.45, 7) is 5.42. The molecular formula is C11H27N5O. The molecule has 0 aliphatic heterocycles. The summed E-state index contributed by atoms with van der Waals surface area (Å²) in [7, 11) is 0. The predicted molar refractivity (Wildman–Crippen MR) is 70.8 cm³/mol. The molecule has 0 aliphatic carbocycles.